The summed E-state index contributed by atoms with van der Waals surface area (Å²) in [6.07, 6.45) is -8.88. The van der Waals surface area contributed by atoms with Crippen LogP contribution in [-0.2, 0) is 38.1 Å². The number of aliphatic carboxylic acids is 2. The third-order valence-corrected chi connectivity index (χ3v) is 18.6. The van der Waals surface area contributed by atoms with Gasteiger partial charge in [-0.3, -0.25) is 28.8 Å². The smallest absolute Gasteiger partial charge is 0.477 e. The van der Waals surface area contributed by atoms with Crippen LogP contribution in [0.5, 0.6) is 0 Å². The summed E-state index contributed by atoms with van der Waals surface area (Å²) < 4.78 is 23.2. The van der Waals surface area contributed by atoms with Crippen molar-refractivity contribution in [1.29, 1.82) is 0 Å². The van der Waals surface area contributed by atoms with Gasteiger partial charge < -0.3 is 91.7 Å². The van der Waals surface area contributed by atoms with E-state index in [1.54, 1.807) is 36.4 Å². The summed E-state index contributed by atoms with van der Waals surface area (Å²) >= 11 is 2.85. The molecule has 12 atom stereocenters. The van der Waals surface area contributed by atoms with E-state index in [9.17, 15) is 79.2 Å². The first-order valence-electron chi connectivity index (χ1n) is 31.4. The molecule has 1 aliphatic carbocycles. The number of aliphatic hydroxyl groups excluding tert-OH is 6. The van der Waals surface area contributed by atoms with Crippen molar-refractivity contribution in [2.75, 3.05) is 62.4 Å². The van der Waals surface area contributed by atoms with Gasteiger partial charge in [0.05, 0.1) is 49.7 Å². The first-order chi connectivity index (χ1) is 45.0. The Balaban J connectivity index is 0.0000143. The van der Waals surface area contributed by atoms with Gasteiger partial charge >= 0.3 is 41.5 Å². The minimum Gasteiger partial charge on any atom is -0.477 e. The zero-order chi connectivity index (χ0) is 68.0. The Morgan fingerprint density at radius 1 is 0.516 bits per heavy atom. The van der Waals surface area contributed by atoms with Crippen molar-refractivity contribution in [2.45, 2.75) is 150 Å². The van der Waals surface area contributed by atoms with Crippen molar-refractivity contribution in [2.24, 2.45) is 0 Å². The summed E-state index contributed by atoms with van der Waals surface area (Å²) in [6.45, 7) is 1.48. The van der Waals surface area contributed by atoms with Crippen LogP contribution in [0.25, 0.3) is 11.1 Å². The number of ether oxygens (including phenoxy) is 4. The molecular formula is C66H86N6NaO20S2+. The zero-order valence-electron chi connectivity index (χ0n) is 53.4. The number of carboxylic acids is 2. The minimum absolute atomic E-state index is 0. The number of hydrogen-bond donors (Lipinski definition) is 14. The Bertz CT molecular complexity index is 3160. The molecule has 3 fully saturated rings. The second-order valence-corrected chi connectivity index (χ2v) is 25.9. The van der Waals surface area contributed by atoms with E-state index in [2.05, 4.69) is 31.9 Å². The molecule has 95 heavy (non-hydrogen) atoms. The zero-order valence-corrected chi connectivity index (χ0v) is 57.0. The Morgan fingerprint density at radius 2 is 0.884 bits per heavy atom. The number of nitrogens with one attached hydrogen (secondary N) is 6. The summed E-state index contributed by atoms with van der Waals surface area (Å²) in [5, 5.41) is 103. The standard InChI is InChI=1S/C66H86N6O20S2.Na/c1-39(73)71-53-49(75)35-65(63(85)86,91-57(53)55(79)51(77)37-69-61(83)47-19-15-43(16-20-47)41-11-5-3-6-12-41)89-29-9-31-93-33-27-67-59(81)45-23-25-46(26-24-45)60(82)68-28-34-94-32-10-30-90-66(64(87)88)36-50(76)54(72-40(2)74)58(92-66)56(80)52(78)38-70-62(84)48-21-17-44(18-22-48)42-13-7-4-8-14-42;/h3,5-6,11-12,15-26,42,49-58,75-80H,4,7-10,13-14,27-38H2,1-2H3,(H,67,81)(H,68,82)(H,69,83)(H,70,84)(H,71,73)(H,72,74)(H,85,86)(H,87,88);/q;+1/t49-,50-,51+,52+,53+,54+,55?,56?,57+,58+,65+,66+;/m0./s1. The summed E-state index contributed by atoms with van der Waals surface area (Å²) in [5.74, 6) is -9.08. The maximum absolute atomic E-state index is 13.0. The van der Waals surface area contributed by atoms with Gasteiger partial charge in [0.15, 0.2) is 0 Å². The monoisotopic (exact) mass is 1370 g/mol. The molecule has 6 amide bonds. The molecule has 2 saturated heterocycles. The molecule has 0 radical (unpaired) electrons. The number of carboxylic acid groups (broad SMARTS) is 2. The fraction of sp³-hybridized carbons (Fsp3) is 0.515. The third-order valence-electron chi connectivity index (χ3n) is 16.5. The van der Waals surface area contributed by atoms with Crippen molar-refractivity contribution in [3.63, 3.8) is 0 Å². The van der Waals surface area contributed by atoms with E-state index in [0.29, 0.717) is 58.5 Å². The molecular weight excluding hydrogens is 1280 g/mol. The Kier molecular flexibility index (Phi) is 31.3. The number of benzene rings is 4. The minimum atomic E-state index is -2.49. The van der Waals surface area contributed by atoms with Crippen LogP contribution in [0.4, 0.5) is 0 Å². The van der Waals surface area contributed by atoms with Crippen LogP contribution < -0.4 is 61.5 Å². The molecule has 2 heterocycles. The molecule has 0 spiro atoms. The van der Waals surface area contributed by atoms with Gasteiger partial charge in [-0.05, 0) is 108 Å². The van der Waals surface area contributed by atoms with Gasteiger partial charge in [0.25, 0.3) is 35.2 Å². The van der Waals surface area contributed by atoms with E-state index in [4.69, 9.17) is 18.9 Å². The summed E-state index contributed by atoms with van der Waals surface area (Å²) in [7, 11) is 0. The number of amides is 6. The average molecular weight is 1370 g/mol. The van der Waals surface area contributed by atoms with E-state index >= 15 is 0 Å². The molecule has 512 valence electrons. The van der Waals surface area contributed by atoms with Gasteiger partial charge in [-0.15, -0.1) is 0 Å². The van der Waals surface area contributed by atoms with E-state index in [1.165, 1.54) is 54.2 Å². The van der Waals surface area contributed by atoms with Crippen LogP contribution in [0.1, 0.15) is 125 Å². The van der Waals surface area contributed by atoms with Crippen LogP contribution in [-0.4, -0.2) is 223 Å². The SMILES string of the molecule is CC(=O)N[C@@H]1[C@@H](O)C[C@](OCCCSCCNC(=O)c2ccc(C(=O)NCCSCCCO[C@]3(C(=O)O)C[C@H](O)[C@@H](NC(C)=O)[C@H](C(O)[C@H](O)CNC(=O)c4ccc(C5CCCCC5)cc4)O3)cc2)(C(=O)O)O[C@H]1C(O)[C@H](O)CNC(=O)c1ccc(-c2ccccc2)cc1.[Na+]. The molecule has 4 aromatic rings. The first-order valence-corrected chi connectivity index (χ1v) is 33.7. The number of carbonyl (C=O) groups excluding carboxylic acids is 6. The quantitative estimate of drug-likeness (QED) is 0.0203. The molecule has 2 aliphatic heterocycles. The van der Waals surface area contributed by atoms with Crippen molar-refractivity contribution in [3.8, 4) is 11.1 Å². The van der Waals surface area contributed by atoms with E-state index in [-0.39, 0.29) is 67.3 Å². The van der Waals surface area contributed by atoms with Gasteiger partial charge in [-0.25, -0.2) is 9.59 Å². The maximum Gasteiger partial charge on any atom is 1.00 e. The van der Waals surface area contributed by atoms with Crippen LogP contribution in [0.15, 0.2) is 103 Å². The molecule has 14 N–H and O–H groups in total. The Hall–Kier alpha value is -6.06. The largest absolute Gasteiger partial charge is 1.00 e. The second kappa shape index (κ2) is 38.2. The van der Waals surface area contributed by atoms with Gasteiger partial charge in [0, 0.05) is 86.6 Å². The van der Waals surface area contributed by atoms with Crippen LogP contribution >= 0.6 is 23.5 Å². The fourth-order valence-electron chi connectivity index (χ4n) is 11.4. The number of aliphatic hydroxyl groups is 6. The molecule has 2 unspecified atom stereocenters. The predicted molar refractivity (Wildman–Crippen MR) is 347 cm³/mol. The van der Waals surface area contributed by atoms with Gasteiger partial charge in [0.2, 0.25) is 11.8 Å². The first kappa shape index (κ1) is 77.9. The summed E-state index contributed by atoms with van der Waals surface area (Å²) in [5.41, 5.74) is 4.17. The Labute approximate surface area is 581 Å². The van der Waals surface area contributed by atoms with Crippen LogP contribution in [0, 0.1) is 0 Å². The van der Waals surface area contributed by atoms with Crippen molar-refractivity contribution < 1.29 is 128 Å². The summed E-state index contributed by atoms with van der Waals surface area (Å²) in [6, 6.07) is 26.7. The maximum atomic E-state index is 13.0. The van der Waals surface area contributed by atoms with E-state index in [1.807, 2.05) is 42.5 Å². The van der Waals surface area contributed by atoms with Crippen molar-refractivity contribution >= 4 is 70.9 Å². The van der Waals surface area contributed by atoms with Crippen LogP contribution in [0.2, 0.25) is 0 Å². The van der Waals surface area contributed by atoms with Crippen LogP contribution in [0.3, 0.4) is 0 Å². The third kappa shape index (κ3) is 22.5. The number of hydrogen-bond acceptors (Lipinski definition) is 20. The molecule has 4 aromatic carbocycles. The number of rotatable bonds is 34. The Morgan fingerprint density at radius 3 is 1.27 bits per heavy atom. The molecule has 26 nitrogen and oxygen atoms in total. The molecule has 0 aromatic heterocycles. The normalized spacial score (nSPS) is 23.2. The molecule has 0 bridgehead atoms. The van der Waals surface area contributed by atoms with E-state index in [0.717, 1.165) is 56.2 Å². The van der Waals surface area contributed by atoms with E-state index < -0.39 is 140 Å². The molecule has 7 rings (SSSR count). The molecule has 29 heteroatoms. The van der Waals surface area contributed by atoms with Gasteiger partial charge in [-0.1, -0.05) is 73.9 Å². The van der Waals surface area contributed by atoms with Gasteiger partial charge in [0.1, 0.15) is 24.4 Å². The van der Waals surface area contributed by atoms with Crippen molar-refractivity contribution in [3.05, 3.63) is 131 Å². The number of carbonyl (C=O) groups is 8. The van der Waals surface area contributed by atoms with Gasteiger partial charge in [-0.2, -0.15) is 23.5 Å². The van der Waals surface area contributed by atoms with Crippen molar-refractivity contribution in [1.82, 2.24) is 31.9 Å². The topological polar surface area (TPSA) is 408 Å². The summed E-state index contributed by atoms with van der Waals surface area (Å²) in [4.78, 5) is 102. The average Bonchev–Trinajstić information content (AvgIpc) is 0.777. The number of thioether (sulfide) groups is 2. The molecule has 1 saturated carbocycles. The second-order valence-electron chi connectivity index (χ2n) is 23.4. The molecule has 3 aliphatic rings. The predicted octanol–water partition coefficient (Wildman–Crippen LogP) is -0.681. The fourth-order valence-corrected chi connectivity index (χ4v) is 13.0.